The molecule has 0 saturated heterocycles. The first-order valence-electron chi connectivity index (χ1n) is 9.16. The van der Waals surface area contributed by atoms with Gasteiger partial charge in [0, 0.05) is 23.0 Å². The summed E-state index contributed by atoms with van der Waals surface area (Å²) in [6.07, 6.45) is 0.280. The molecule has 1 atom stereocenters. The highest BCUT2D eigenvalue weighted by Crippen LogP contribution is 2.27. The molecule has 0 fully saturated rings. The predicted molar refractivity (Wildman–Crippen MR) is 115 cm³/mol. The van der Waals surface area contributed by atoms with Crippen LogP contribution in [0.15, 0.2) is 53.9 Å². The van der Waals surface area contributed by atoms with E-state index in [1.807, 2.05) is 74.8 Å². The second-order valence-corrected chi connectivity index (χ2v) is 7.80. The van der Waals surface area contributed by atoms with Gasteiger partial charge in [0.1, 0.15) is 10.8 Å². The fraction of sp³-hybridized carbons (Fsp3) is 0.273. The van der Waals surface area contributed by atoms with Gasteiger partial charge in [-0.15, -0.1) is 11.3 Å². The second kappa shape index (κ2) is 9.22. The van der Waals surface area contributed by atoms with Gasteiger partial charge in [-0.1, -0.05) is 23.7 Å². The van der Waals surface area contributed by atoms with Gasteiger partial charge in [-0.25, -0.2) is 4.98 Å². The van der Waals surface area contributed by atoms with Crippen LogP contribution in [0.25, 0.3) is 10.6 Å². The van der Waals surface area contributed by atoms with E-state index in [0.717, 1.165) is 27.6 Å². The number of nitrogens with zero attached hydrogens (tertiary/aromatic N) is 2. The van der Waals surface area contributed by atoms with E-state index in [1.54, 1.807) is 16.2 Å². The molecule has 4 nitrogen and oxygen atoms in total. The highest BCUT2D eigenvalue weighted by atomic mass is 35.5. The number of likely N-dealkylation sites (N-methyl/N-ethyl adjacent to an activating group) is 1. The van der Waals surface area contributed by atoms with Gasteiger partial charge in [0.25, 0.3) is 0 Å². The molecule has 0 aliphatic carbocycles. The molecule has 0 radical (unpaired) electrons. The minimum absolute atomic E-state index is 0.0333. The smallest absolute Gasteiger partial charge is 0.228 e. The summed E-state index contributed by atoms with van der Waals surface area (Å²) in [4.78, 5) is 19.1. The molecule has 146 valence electrons. The van der Waals surface area contributed by atoms with E-state index in [4.69, 9.17) is 16.3 Å². The molecule has 0 N–H and O–H groups in total. The Labute approximate surface area is 174 Å². The largest absolute Gasteiger partial charge is 0.494 e. The SMILES string of the molecule is CCOc1ccc(-c2nc(CC(=O)N(C)C(C)c3ccc(Cl)cc3)cs2)cc1. The van der Waals surface area contributed by atoms with Crippen LogP contribution in [-0.2, 0) is 11.2 Å². The van der Waals surface area contributed by atoms with Crippen LogP contribution in [-0.4, -0.2) is 29.4 Å². The molecule has 3 rings (SSSR count). The van der Waals surface area contributed by atoms with Crippen molar-refractivity contribution in [3.8, 4) is 16.3 Å². The molecule has 0 bridgehead atoms. The molecule has 1 unspecified atom stereocenters. The number of hydrogen-bond acceptors (Lipinski definition) is 4. The maximum atomic E-state index is 12.7. The van der Waals surface area contributed by atoms with E-state index in [2.05, 4.69) is 4.98 Å². The molecule has 1 aromatic heterocycles. The number of rotatable bonds is 7. The van der Waals surface area contributed by atoms with E-state index in [1.165, 1.54) is 0 Å². The summed E-state index contributed by atoms with van der Waals surface area (Å²) in [5.74, 6) is 0.877. The van der Waals surface area contributed by atoms with Gasteiger partial charge in [-0.05, 0) is 55.8 Å². The monoisotopic (exact) mass is 414 g/mol. The van der Waals surface area contributed by atoms with Crippen molar-refractivity contribution in [2.75, 3.05) is 13.7 Å². The van der Waals surface area contributed by atoms with Crippen molar-refractivity contribution in [3.05, 3.63) is 70.2 Å². The molecule has 6 heteroatoms. The van der Waals surface area contributed by atoms with E-state index < -0.39 is 0 Å². The maximum absolute atomic E-state index is 12.7. The molecular weight excluding hydrogens is 392 g/mol. The first kappa shape index (κ1) is 20.4. The van der Waals surface area contributed by atoms with Crippen LogP contribution >= 0.6 is 22.9 Å². The van der Waals surface area contributed by atoms with Crippen molar-refractivity contribution in [2.45, 2.75) is 26.3 Å². The summed E-state index contributed by atoms with van der Waals surface area (Å²) < 4.78 is 5.47. The van der Waals surface area contributed by atoms with Gasteiger partial charge >= 0.3 is 0 Å². The minimum Gasteiger partial charge on any atom is -0.494 e. The van der Waals surface area contributed by atoms with Crippen molar-refractivity contribution in [3.63, 3.8) is 0 Å². The van der Waals surface area contributed by atoms with Crippen molar-refractivity contribution in [2.24, 2.45) is 0 Å². The Morgan fingerprint density at radius 1 is 1.18 bits per heavy atom. The van der Waals surface area contributed by atoms with Crippen LogP contribution in [0.5, 0.6) is 5.75 Å². The summed E-state index contributed by atoms with van der Waals surface area (Å²) in [6.45, 7) is 4.61. The summed E-state index contributed by atoms with van der Waals surface area (Å²) in [7, 11) is 1.82. The number of halogens is 1. The average Bonchev–Trinajstić information content (AvgIpc) is 3.16. The quantitative estimate of drug-likeness (QED) is 0.503. The van der Waals surface area contributed by atoms with Gasteiger partial charge in [0.15, 0.2) is 0 Å². The van der Waals surface area contributed by atoms with Gasteiger partial charge in [0.05, 0.1) is 24.8 Å². The Kier molecular flexibility index (Phi) is 6.70. The lowest BCUT2D eigenvalue weighted by Crippen LogP contribution is -2.31. The fourth-order valence-corrected chi connectivity index (χ4v) is 3.79. The number of ether oxygens (including phenoxy) is 1. The number of benzene rings is 2. The third-order valence-electron chi connectivity index (χ3n) is 4.62. The molecule has 0 aliphatic rings. The van der Waals surface area contributed by atoms with Crippen molar-refractivity contribution in [1.29, 1.82) is 0 Å². The van der Waals surface area contributed by atoms with Gasteiger partial charge in [-0.2, -0.15) is 0 Å². The predicted octanol–water partition coefficient (Wildman–Crippen LogP) is 5.62. The zero-order valence-electron chi connectivity index (χ0n) is 16.2. The zero-order valence-corrected chi connectivity index (χ0v) is 17.8. The summed E-state index contributed by atoms with van der Waals surface area (Å²) in [6, 6.07) is 15.4. The van der Waals surface area contributed by atoms with Crippen LogP contribution in [0.4, 0.5) is 0 Å². The first-order chi connectivity index (χ1) is 13.5. The maximum Gasteiger partial charge on any atom is 0.228 e. The molecule has 0 aliphatic heterocycles. The minimum atomic E-state index is -0.0333. The number of aromatic nitrogens is 1. The normalized spacial score (nSPS) is 11.9. The van der Waals surface area contributed by atoms with Crippen LogP contribution in [0.3, 0.4) is 0 Å². The highest BCUT2D eigenvalue weighted by Gasteiger charge is 2.19. The van der Waals surface area contributed by atoms with Gasteiger partial charge < -0.3 is 9.64 Å². The standard InChI is InChI=1S/C22H23ClN2O2S/c1-4-27-20-11-7-17(8-12-20)22-24-19(14-28-22)13-21(26)25(3)15(2)16-5-9-18(23)10-6-16/h5-12,14-15H,4,13H2,1-3H3. The fourth-order valence-electron chi connectivity index (χ4n) is 2.84. The first-order valence-corrected chi connectivity index (χ1v) is 10.4. The Balaban J connectivity index is 1.65. The Morgan fingerprint density at radius 2 is 1.86 bits per heavy atom. The third kappa shape index (κ3) is 4.91. The summed E-state index contributed by atoms with van der Waals surface area (Å²) in [5, 5.41) is 3.54. The number of hydrogen-bond donors (Lipinski definition) is 0. The molecule has 1 amide bonds. The molecule has 28 heavy (non-hydrogen) atoms. The van der Waals surface area contributed by atoms with Crippen LogP contribution < -0.4 is 4.74 Å². The van der Waals surface area contributed by atoms with Crippen LogP contribution in [0.1, 0.15) is 31.1 Å². The molecule has 3 aromatic rings. The van der Waals surface area contributed by atoms with Crippen molar-refractivity contribution in [1.82, 2.24) is 9.88 Å². The number of thiazole rings is 1. The third-order valence-corrected chi connectivity index (χ3v) is 5.82. The van der Waals surface area contributed by atoms with E-state index in [-0.39, 0.29) is 18.4 Å². The lowest BCUT2D eigenvalue weighted by molar-refractivity contribution is -0.131. The zero-order chi connectivity index (χ0) is 20.1. The second-order valence-electron chi connectivity index (χ2n) is 6.51. The van der Waals surface area contributed by atoms with Crippen LogP contribution in [0, 0.1) is 0 Å². The topological polar surface area (TPSA) is 42.4 Å². The van der Waals surface area contributed by atoms with Crippen molar-refractivity contribution < 1.29 is 9.53 Å². The Bertz CT molecular complexity index is 922. The number of carbonyl (C=O) groups excluding carboxylic acids is 1. The molecule has 2 aromatic carbocycles. The molecule has 1 heterocycles. The van der Waals surface area contributed by atoms with E-state index >= 15 is 0 Å². The van der Waals surface area contributed by atoms with Crippen LogP contribution in [0.2, 0.25) is 5.02 Å². The highest BCUT2D eigenvalue weighted by molar-refractivity contribution is 7.13. The van der Waals surface area contributed by atoms with E-state index in [0.29, 0.717) is 11.6 Å². The Hall–Kier alpha value is -2.37. The lowest BCUT2D eigenvalue weighted by atomic mass is 10.1. The Morgan fingerprint density at radius 3 is 2.50 bits per heavy atom. The summed E-state index contributed by atoms with van der Waals surface area (Å²) >= 11 is 7.49. The summed E-state index contributed by atoms with van der Waals surface area (Å²) in [5.41, 5.74) is 2.86. The molecule has 0 saturated carbocycles. The molecule has 0 spiro atoms. The van der Waals surface area contributed by atoms with Gasteiger partial charge in [0.2, 0.25) is 5.91 Å². The number of carbonyl (C=O) groups is 1. The van der Waals surface area contributed by atoms with Crippen molar-refractivity contribution >= 4 is 28.8 Å². The lowest BCUT2D eigenvalue weighted by Gasteiger charge is -2.25. The average molecular weight is 415 g/mol. The number of amides is 1. The molecular formula is C22H23ClN2O2S. The van der Waals surface area contributed by atoms with Gasteiger partial charge in [-0.3, -0.25) is 4.79 Å². The van der Waals surface area contributed by atoms with E-state index in [9.17, 15) is 4.79 Å².